The van der Waals surface area contributed by atoms with Crippen LogP contribution in [0, 0.1) is 17.8 Å². The zero-order valence-corrected chi connectivity index (χ0v) is 57.9. The highest BCUT2D eigenvalue weighted by molar-refractivity contribution is 5.99. The SMILES string of the molecule is CC(C)C[C@H](NC(=O)[C@@H](N)Cc1c[nH]c2ccccc12)C(=O)N[C@H](C(=O)N[C@@H](Cc1ccccc1)C(=O)N[C@@H](Cc1ccccc1)C(=O)N[C@H](C(=O)N[C@@H](CCCN=C(N)N)C(=O)N[C@@H](CCCN=C(N)N)C(=O)N[C@@H](CCCCN)C(=O)N[C@@H](CCCCN)C(=O)O)C(C)C)C(C)C. The van der Waals surface area contributed by atoms with Crippen LogP contribution in [0.5, 0.6) is 0 Å². The third-order valence-electron chi connectivity index (χ3n) is 16.4. The van der Waals surface area contributed by atoms with Crippen LogP contribution in [-0.4, -0.2) is 168 Å². The first-order valence-corrected chi connectivity index (χ1v) is 34.0. The lowest BCUT2D eigenvalue weighted by molar-refractivity contribution is -0.142. The molecular weight excluding hydrogens is 1270 g/mol. The molecule has 0 aliphatic heterocycles. The fourth-order valence-electron chi connectivity index (χ4n) is 11.0. The van der Waals surface area contributed by atoms with E-state index in [1.807, 2.05) is 38.1 Å². The van der Waals surface area contributed by atoms with E-state index < -0.39 is 131 Å². The zero-order chi connectivity index (χ0) is 73.1. The van der Waals surface area contributed by atoms with Crippen molar-refractivity contribution in [2.75, 3.05) is 26.2 Å². The van der Waals surface area contributed by atoms with Crippen LogP contribution in [0.3, 0.4) is 0 Å². The van der Waals surface area contributed by atoms with Gasteiger partial charge in [0, 0.05) is 43.0 Å². The van der Waals surface area contributed by atoms with E-state index in [0.717, 1.165) is 16.5 Å². The Hall–Kier alpha value is -9.68. The highest BCUT2D eigenvalue weighted by Gasteiger charge is 2.37. The molecule has 0 bridgehead atoms. The van der Waals surface area contributed by atoms with Gasteiger partial charge in [-0.05, 0) is 131 Å². The van der Waals surface area contributed by atoms with Gasteiger partial charge in [0.15, 0.2) is 11.9 Å². The number of carbonyl (C=O) groups is 10. The lowest BCUT2D eigenvalue weighted by Crippen LogP contribution is -2.62. The highest BCUT2D eigenvalue weighted by atomic mass is 16.4. The highest BCUT2D eigenvalue weighted by Crippen LogP contribution is 2.20. The summed E-state index contributed by atoms with van der Waals surface area (Å²) in [7, 11) is 0. The standard InChI is InChI=1S/C69H107N19O11/c1-40(2)35-53(84-58(89)47(72)38-45-39-79-48-26-14-13-25-46(45)48)63(94)87-57(42(5)6)66(97)86-54(36-43-21-9-7-10-22-43)62(93)85-55(37-44-23-11-8-12-24-44)64(95)88-56(41(3)4)65(96)82-51(30-20-34-78-69(75)76)60(91)81-50(29-19-33-77-68(73)74)59(90)80-49(27-15-17-31-70)61(92)83-52(67(98)99)28-16-18-32-71/h7-14,21-26,39-42,47,49-57,79H,15-20,27-38,70-72H2,1-6H3,(H,80,90)(H,81,91)(H,82,96)(H,83,92)(H,84,89)(H,85,93)(H,86,97)(H,87,94)(H,88,95)(H,98,99)(H4,73,74,77)(H4,75,76,78)/t47-,49-,50-,51-,52-,53-,54-,55-,56-,57-/m0/s1. The Morgan fingerprint density at radius 3 is 1.22 bits per heavy atom. The first-order valence-electron chi connectivity index (χ1n) is 34.0. The second kappa shape index (κ2) is 42.9. The number of nitrogens with zero attached hydrogens (tertiary/aromatic N) is 2. The van der Waals surface area contributed by atoms with Gasteiger partial charge in [-0.25, -0.2) is 4.79 Å². The summed E-state index contributed by atoms with van der Waals surface area (Å²) in [6, 6.07) is 12.2. The Morgan fingerprint density at radius 2 is 0.788 bits per heavy atom. The second-order valence-electron chi connectivity index (χ2n) is 25.9. The van der Waals surface area contributed by atoms with Crippen molar-refractivity contribution >= 4 is 82.0 Å². The number of para-hydroxylation sites is 1. The Labute approximate surface area is 579 Å². The molecule has 30 nitrogen and oxygen atoms in total. The van der Waals surface area contributed by atoms with Gasteiger partial charge in [0.1, 0.15) is 54.4 Å². The molecule has 0 radical (unpaired) electrons. The number of carboxylic acid groups (broad SMARTS) is 1. The average molecular weight is 1380 g/mol. The minimum Gasteiger partial charge on any atom is -0.480 e. The minimum atomic E-state index is -1.42. The average Bonchev–Trinajstić information content (AvgIpc) is 1.78. The number of rotatable bonds is 45. The lowest BCUT2D eigenvalue weighted by Gasteiger charge is -2.30. The van der Waals surface area contributed by atoms with Crippen LogP contribution in [0.25, 0.3) is 10.9 Å². The number of H-pyrrole nitrogens is 1. The molecule has 25 N–H and O–H groups in total. The van der Waals surface area contributed by atoms with Crippen molar-refractivity contribution in [3.63, 3.8) is 0 Å². The number of aromatic amines is 1. The molecular formula is C69H107N19O11. The van der Waals surface area contributed by atoms with Crippen LogP contribution in [0.1, 0.15) is 129 Å². The largest absolute Gasteiger partial charge is 0.480 e. The van der Waals surface area contributed by atoms with Crippen LogP contribution < -0.4 is 88.0 Å². The molecule has 0 spiro atoms. The minimum absolute atomic E-state index is 0.0133. The number of carboxylic acids is 1. The maximum atomic E-state index is 15.0. The predicted octanol–water partition coefficient (Wildman–Crippen LogP) is -0.306. The van der Waals surface area contributed by atoms with E-state index in [1.54, 1.807) is 94.6 Å². The van der Waals surface area contributed by atoms with Crippen LogP contribution in [0.2, 0.25) is 0 Å². The summed E-state index contributed by atoms with van der Waals surface area (Å²) in [5, 5.41) is 35.6. The number of hydrogen-bond acceptors (Lipinski definition) is 15. The lowest BCUT2D eigenvalue weighted by atomic mass is 9.98. The molecule has 4 rings (SSSR count). The molecule has 544 valence electrons. The van der Waals surface area contributed by atoms with E-state index in [-0.39, 0.29) is 102 Å². The maximum Gasteiger partial charge on any atom is 0.326 e. The molecule has 99 heavy (non-hydrogen) atoms. The summed E-state index contributed by atoms with van der Waals surface area (Å²) in [6.45, 7) is 11.1. The molecule has 3 aromatic carbocycles. The number of aromatic nitrogens is 1. The second-order valence-corrected chi connectivity index (χ2v) is 25.9. The zero-order valence-electron chi connectivity index (χ0n) is 57.9. The van der Waals surface area contributed by atoms with Crippen LogP contribution >= 0.6 is 0 Å². The van der Waals surface area contributed by atoms with Crippen molar-refractivity contribution in [2.24, 2.45) is 67.9 Å². The molecule has 0 aliphatic rings. The quantitative estimate of drug-likeness (QED) is 0.0153. The van der Waals surface area contributed by atoms with Crippen molar-refractivity contribution in [3.8, 4) is 0 Å². The number of nitrogens with one attached hydrogen (secondary N) is 10. The number of hydrogen-bond donors (Lipinski definition) is 18. The van der Waals surface area contributed by atoms with E-state index in [0.29, 0.717) is 43.4 Å². The molecule has 30 heteroatoms. The number of nitrogens with two attached hydrogens (primary N) is 7. The first kappa shape index (κ1) is 81.7. The molecule has 0 unspecified atom stereocenters. The van der Waals surface area contributed by atoms with Crippen molar-refractivity contribution in [2.45, 2.75) is 192 Å². The Bertz CT molecular complexity index is 3300. The predicted molar refractivity (Wildman–Crippen MR) is 380 cm³/mol. The van der Waals surface area contributed by atoms with Gasteiger partial charge in [-0.3, -0.25) is 53.1 Å². The number of amides is 9. The van der Waals surface area contributed by atoms with Crippen molar-refractivity contribution in [1.29, 1.82) is 0 Å². The van der Waals surface area contributed by atoms with Gasteiger partial charge in [0.05, 0.1) is 6.04 Å². The van der Waals surface area contributed by atoms with Gasteiger partial charge in [-0.2, -0.15) is 0 Å². The molecule has 0 fully saturated rings. The number of unbranched alkanes of at least 4 members (excludes halogenated alkanes) is 2. The molecule has 4 aromatic rings. The first-order chi connectivity index (χ1) is 47.1. The van der Waals surface area contributed by atoms with Gasteiger partial charge in [-0.1, -0.05) is 120 Å². The molecule has 0 saturated heterocycles. The number of aliphatic imine (C=N–C) groups is 2. The van der Waals surface area contributed by atoms with Crippen molar-refractivity contribution < 1.29 is 53.1 Å². The number of carbonyl (C=O) groups excluding carboxylic acids is 9. The summed E-state index contributed by atoms with van der Waals surface area (Å²) in [6.07, 6.45) is 3.91. The topological polar surface area (TPSA) is 522 Å². The number of fused-ring (bicyclic) bond motifs is 1. The summed E-state index contributed by atoms with van der Waals surface area (Å²) in [5.41, 5.74) is 43.2. The third kappa shape index (κ3) is 29.1. The van der Waals surface area contributed by atoms with Crippen LogP contribution in [0.15, 0.2) is 101 Å². The normalized spacial score (nSPS) is 14.3. The fraction of sp³-hybridized carbons (Fsp3) is 0.536. The molecule has 0 aliphatic carbocycles. The Balaban J connectivity index is 1.64. The summed E-state index contributed by atoms with van der Waals surface area (Å²) >= 11 is 0. The third-order valence-corrected chi connectivity index (χ3v) is 16.4. The molecule has 0 saturated carbocycles. The van der Waals surface area contributed by atoms with Crippen molar-refractivity contribution in [3.05, 3.63) is 108 Å². The summed E-state index contributed by atoms with van der Waals surface area (Å²) < 4.78 is 0. The number of guanidine groups is 2. The fourth-order valence-corrected chi connectivity index (χ4v) is 11.0. The number of aliphatic carboxylic acids is 1. The molecule has 1 heterocycles. The van der Waals surface area contributed by atoms with E-state index in [2.05, 4.69) is 62.8 Å². The van der Waals surface area contributed by atoms with Crippen LogP contribution in [-0.2, 0) is 67.2 Å². The number of benzene rings is 3. The molecule has 1 aromatic heterocycles. The van der Waals surface area contributed by atoms with Crippen LogP contribution in [0.4, 0.5) is 0 Å². The Morgan fingerprint density at radius 1 is 0.424 bits per heavy atom. The summed E-state index contributed by atoms with van der Waals surface area (Å²) in [4.78, 5) is 154. The Kier molecular flexibility index (Phi) is 35.4. The van der Waals surface area contributed by atoms with Crippen molar-refractivity contribution in [1.82, 2.24) is 52.8 Å². The van der Waals surface area contributed by atoms with Gasteiger partial charge in [-0.15, -0.1) is 0 Å². The van der Waals surface area contributed by atoms with Gasteiger partial charge < -0.3 is 98.1 Å². The van der Waals surface area contributed by atoms with E-state index in [1.165, 1.54) is 0 Å². The molecule has 10 atom stereocenters. The maximum absolute atomic E-state index is 15.0. The van der Waals surface area contributed by atoms with E-state index in [9.17, 15) is 53.1 Å². The summed E-state index contributed by atoms with van der Waals surface area (Å²) in [5.74, 6) is -9.93. The van der Waals surface area contributed by atoms with Gasteiger partial charge in [0.2, 0.25) is 53.2 Å². The van der Waals surface area contributed by atoms with E-state index >= 15 is 0 Å². The van der Waals surface area contributed by atoms with E-state index in [4.69, 9.17) is 40.1 Å². The molecule has 9 amide bonds. The monoisotopic (exact) mass is 1380 g/mol. The van der Waals surface area contributed by atoms with Gasteiger partial charge >= 0.3 is 5.97 Å². The van der Waals surface area contributed by atoms with Gasteiger partial charge in [0.25, 0.3) is 0 Å². The smallest absolute Gasteiger partial charge is 0.326 e.